The van der Waals surface area contributed by atoms with E-state index in [0.29, 0.717) is 17.9 Å². The monoisotopic (exact) mass is 377 g/mol. The SMILES string of the molecule is CC[S][Au][PH](CC)(CC)CC. The Morgan fingerprint density at radius 3 is 1.73 bits per heavy atom. The molecule has 75 valence electrons. The molecule has 0 aliphatic carbocycles. The fraction of sp³-hybridized carbons (Fsp3) is 1.00. The number of hydrogen-bond acceptors (Lipinski definition) is 1. The second-order valence-corrected chi connectivity index (χ2v) is 20.8. The number of rotatable bonds is 6. The Balaban J connectivity index is 3.84. The van der Waals surface area contributed by atoms with E-state index in [1.165, 1.54) is 24.2 Å². The van der Waals surface area contributed by atoms with E-state index in [4.69, 9.17) is 0 Å². The van der Waals surface area contributed by atoms with Crippen LogP contribution < -0.4 is 0 Å². The first-order chi connectivity index (χ1) is 5.24. The Hall–Kier alpha value is 1.52. The van der Waals surface area contributed by atoms with E-state index in [9.17, 15) is 0 Å². The van der Waals surface area contributed by atoms with Crippen molar-refractivity contribution < 1.29 is 17.9 Å². The molecule has 0 amide bonds. The molecule has 0 aliphatic heterocycles. The normalized spacial score (nSPS) is 13.8. The first-order valence-electron chi connectivity index (χ1n) is 4.45. The summed E-state index contributed by atoms with van der Waals surface area (Å²) in [4.78, 5) is 0. The first kappa shape index (κ1) is 12.5. The summed E-state index contributed by atoms with van der Waals surface area (Å²) in [5, 5.41) is -0.678. The summed E-state index contributed by atoms with van der Waals surface area (Å²) < 4.78 is 0. The summed E-state index contributed by atoms with van der Waals surface area (Å²) in [6.45, 7) is 9.52. The van der Waals surface area contributed by atoms with E-state index < -0.39 is 5.15 Å². The minimum absolute atomic E-state index is 0.640. The van der Waals surface area contributed by atoms with Gasteiger partial charge in [0.25, 0.3) is 0 Å². The molecule has 0 radical (unpaired) electrons. The summed E-state index contributed by atoms with van der Waals surface area (Å²) in [6.07, 6.45) is 4.57. The van der Waals surface area contributed by atoms with Crippen molar-refractivity contribution in [3.63, 3.8) is 0 Å². The Kier molecular flexibility index (Phi) is 7.94. The van der Waals surface area contributed by atoms with Crippen LogP contribution in [0.4, 0.5) is 0 Å². The fourth-order valence-corrected chi connectivity index (χ4v) is 21.9. The molecule has 0 aromatic carbocycles. The maximum atomic E-state index is 2.41. The Morgan fingerprint density at radius 2 is 1.45 bits per heavy atom. The van der Waals surface area contributed by atoms with Crippen molar-refractivity contribution in [3.8, 4) is 0 Å². The van der Waals surface area contributed by atoms with Crippen molar-refractivity contribution in [3.05, 3.63) is 0 Å². The van der Waals surface area contributed by atoms with E-state index in [0.717, 1.165) is 0 Å². The van der Waals surface area contributed by atoms with Gasteiger partial charge in [-0.1, -0.05) is 0 Å². The van der Waals surface area contributed by atoms with E-state index in [-0.39, 0.29) is 0 Å². The van der Waals surface area contributed by atoms with Gasteiger partial charge >= 0.3 is 84.2 Å². The molecule has 0 N–H and O–H groups in total. The zero-order chi connectivity index (χ0) is 8.74. The van der Waals surface area contributed by atoms with E-state index in [2.05, 4.69) is 36.9 Å². The van der Waals surface area contributed by atoms with Crippen LogP contribution in [0.1, 0.15) is 27.7 Å². The predicted molar refractivity (Wildman–Crippen MR) is 58.1 cm³/mol. The van der Waals surface area contributed by atoms with Gasteiger partial charge in [0.15, 0.2) is 0 Å². The molecule has 0 bridgehead atoms. The maximum absolute atomic E-state index is 2.41. The third-order valence-electron chi connectivity index (χ3n) is 2.08. The molecule has 0 rings (SSSR count). The van der Waals surface area contributed by atoms with Crippen LogP contribution in [0.5, 0.6) is 0 Å². The molecule has 0 spiro atoms. The van der Waals surface area contributed by atoms with Crippen molar-refractivity contribution in [2.24, 2.45) is 0 Å². The Morgan fingerprint density at radius 1 is 1.00 bits per heavy atom. The molecule has 0 heterocycles. The van der Waals surface area contributed by atoms with Crippen LogP contribution in [0.15, 0.2) is 0 Å². The molecule has 11 heavy (non-hydrogen) atoms. The zero-order valence-electron chi connectivity index (χ0n) is 8.04. The second-order valence-electron chi connectivity index (χ2n) is 2.57. The van der Waals surface area contributed by atoms with Crippen LogP contribution in [0.2, 0.25) is 0 Å². The van der Waals surface area contributed by atoms with Gasteiger partial charge in [0.2, 0.25) is 0 Å². The van der Waals surface area contributed by atoms with Crippen LogP contribution >= 0.6 is 14.4 Å². The van der Waals surface area contributed by atoms with Gasteiger partial charge in [-0.25, -0.2) is 0 Å². The second kappa shape index (κ2) is 6.98. The average molecular weight is 377 g/mol. The van der Waals surface area contributed by atoms with Gasteiger partial charge in [0, 0.05) is 0 Å². The van der Waals surface area contributed by atoms with Gasteiger partial charge in [0.1, 0.15) is 0 Å². The standard InChI is InChI=1S/C6H15P.C2H6S.Au/c1-4-7(5-2)6-3;1-2-3;/h4-6H2,1-3H3;3H,2H2,1H3;. The van der Waals surface area contributed by atoms with Gasteiger partial charge in [-0.05, 0) is 0 Å². The molecule has 0 nitrogen and oxygen atoms in total. The van der Waals surface area contributed by atoms with Crippen LogP contribution in [0, 0.1) is 0 Å². The topological polar surface area (TPSA) is 0 Å². The van der Waals surface area contributed by atoms with Crippen molar-refractivity contribution in [2.45, 2.75) is 27.7 Å². The van der Waals surface area contributed by atoms with Gasteiger partial charge in [-0.15, -0.1) is 0 Å². The van der Waals surface area contributed by atoms with Gasteiger partial charge in [-0.3, -0.25) is 0 Å². The summed E-state index contributed by atoms with van der Waals surface area (Å²) in [5.41, 5.74) is 0. The van der Waals surface area contributed by atoms with Crippen molar-refractivity contribution >= 4 is 14.4 Å². The van der Waals surface area contributed by atoms with E-state index in [1.807, 2.05) is 0 Å². The molecule has 3 heteroatoms. The van der Waals surface area contributed by atoms with Crippen LogP contribution in [-0.2, 0) is 17.9 Å². The number of hydrogen-bond donors (Lipinski definition) is 0. The zero-order valence-corrected chi connectivity index (χ0v) is 12.0. The molecule has 0 aromatic heterocycles. The molecular formula is C8H21AuPS. The molecule has 0 fully saturated rings. The van der Waals surface area contributed by atoms with Crippen LogP contribution in [-0.4, -0.2) is 24.2 Å². The molecular weight excluding hydrogens is 356 g/mol. The van der Waals surface area contributed by atoms with E-state index >= 15 is 0 Å². The summed E-state index contributed by atoms with van der Waals surface area (Å²) in [7, 11) is 2.25. The predicted octanol–water partition coefficient (Wildman–Crippen LogP) is 3.46. The summed E-state index contributed by atoms with van der Waals surface area (Å²) in [6, 6.07) is 0. The van der Waals surface area contributed by atoms with Crippen molar-refractivity contribution in [2.75, 3.05) is 24.2 Å². The summed E-state index contributed by atoms with van der Waals surface area (Å²) >= 11 is 0.640. The molecule has 0 saturated carbocycles. The van der Waals surface area contributed by atoms with Crippen molar-refractivity contribution in [1.29, 1.82) is 0 Å². The average Bonchev–Trinajstić information content (AvgIpc) is 2.08. The third-order valence-corrected chi connectivity index (χ3v) is 27.3. The molecule has 0 atom stereocenters. The molecule has 0 aliphatic rings. The van der Waals surface area contributed by atoms with Crippen LogP contribution in [0.25, 0.3) is 0 Å². The van der Waals surface area contributed by atoms with Crippen molar-refractivity contribution in [1.82, 2.24) is 0 Å². The van der Waals surface area contributed by atoms with Gasteiger partial charge in [-0.2, -0.15) is 0 Å². The molecule has 0 aromatic rings. The molecule has 0 saturated heterocycles. The van der Waals surface area contributed by atoms with Gasteiger partial charge < -0.3 is 0 Å². The Labute approximate surface area is 83.9 Å². The third kappa shape index (κ3) is 4.33. The van der Waals surface area contributed by atoms with Gasteiger partial charge in [0.05, 0.1) is 0 Å². The minimum atomic E-state index is -0.678. The fourth-order valence-electron chi connectivity index (χ4n) is 1.02. The summed E-state index contributed by atoms with van der Waals surface area (Å²) in [5.74, 6) is 1.34. The van der Waals surface area contributed by atoms with Crippen LogP contribution in [0.3, 0.4) is 0 Å². The quantitative estimate of drug-likeness (QED) is 0.505. The Bertz CT molecular complexity index is 85.8. The first-order valence-corrected chi connectivity index (χ1v) is 13.6. The van der Waals surface area contributed by atoms with E-state index in [1.54, 1.807) is 0 Å². The molecule has 0 unspecified atom stereocenters.